The zero-order valence-corrected chi connectivity index (χ0v) is 7.91. The molecule has 4 nitrogen and oxygen atoms in total. The third kappa shape index (κ3) is 2.87. The van der Waals surface area contributed by atoms with Gasteiger partial charge < -0.3 is 9.84 Å². The molecule has 15 heavy (non-hydrogen) atoms. The highest BCUT2D eigenvalue weighted by Crippen LogP contribution is 2.30. The second-order valence-corrected chi connectivity index (χ2v) is 2.84. The molecule has 0 amide bonds. The van der Waals surface area contributed by atoms with E-state index in [1.54, 1.807) is 0 Å². The Morgan fingerprint density at radius 3 is 2.80 bits per heavy atom. The Morgan fingerprint density at radius 2 is 2.27 bits per heavy atom. The van der Waals surface area contributed by atoms with Crippen LogP contribution >= 0.6 is 0 Å². The Bertz CT molecular complexity index is 368. The third-order valence-corrected chi connectivity index (χ3v) is 1.68. The molecule has 0 fully saturated rings. The van der Waals surface area contributed by atoms with E-state index in [1.165, 1.54) is 19.2 Å². The van der Waals surface area contributed by atoms with Crippen LogP contribution in [0.5, 0.6) is 5.88 Å². The SMILES string of the molecule is COc1cccc(C(F)(F)CC(=O)O)n1. The van der Waals surface area contributed by atoms with Gasteiger partial charge in [0.15, 0.2) is 0 Å². The molecule has 0 aliphatic carbocycles. The number of aromatic nitrogens is 1. The average molecular weight is 217 g/mol. The van der Waals surface area contributed by atoms with E-state index in [0.717, 1.165) is 6.07 Å². The van der Waals surface area contributed by atoms with E-state index in [9.17, 15) is 13.6 Å². The number of alkyl halides is 2. The van der Waals surface area contributed by atoms with Crippen LogP contribution in [0.1, 0.15) is 12.1 Å². The number of carbonyl (C=O) groups is 1. The maximum atomic E-state index is 13.2. The van der Waals surface area contributed by atoms with Gasteiger partial charge in [-0.1, -0.05) is 6.07 Å². The molecule has 0 radical (unpaired) electrons. The number of carboxylic acids is 1. The second-order valence-electron chi connectivity index (χ2n) is 2.84. The number of carboxylic acid groups (broad SMARTS) is 1. The first-order valence-electron chi connectivity index (χ1n) is 4.07. The van der Waals surface area contributed by atoms with Crippen molar-refractivity contribution in [3.05, 3.63) is 23.9 Å². The lowest BCUT2D eigenvalue weighted by Gasteiger charge is -2.13. The number of nitrogens with zero attached hydrogens (tertiary/aromatic N) is 1. The topological polar surface area (TPSA) is 59.4 Å². The van der Waals surface area contributed by atoms with Gasteiger partial charge in [0.2, 0.25) is 5.88 Å². The first kappa shape index (κ1) is 11.4. The van der Waals surface area contributed by atoms with Crippen molar-refractivity contribution in [3.63, 3.8) is 0 Å². The van der Waals surface area contributed by atoms with Gasteiger partial charge in [0, 0.05) is 6.07 Å². The van der Waals surface area contributed by atoms with Gasteiger partial charge >= 0.3 is 5.97 Å². The van der Waals surface area contributed by atoms with Crippen molar-refractivity contribution in [1.29, 1.82) is 0 Å². The van der Waals surface area contributed by atoms with Crippen molar-refractivity contribution in [3.8, 4) is 5.88 Å². The van der Waals surface area contributed by atoms with Gasteiger partial charge in [0.1, 0.15) is 12.1 Å². The van der Waals surface area contributed by atoms with E-state index in [0.29, 0.717) is 0 Å². The highest BCUT2D eigenvalue weighted by Gasteiger charge is 2.36. The fourth-order valence-electron chi connectivity index (χ4n) is 1.01. The van der Waals surface area contributed by atoms with Crippen LogP contribution in [0.3, 0.4) is 0 Å². The van der Waals surface area contributed by atoms with E-state index < -0.39 is 24.0 Å². The molecule has 0 bridgehead atoms. The molecule has 1 aromatic heterocycles. The number of pyridine rings is 1. The summed E-state index contributed by atoms with van der Waals surface area (Å²) in [6.07, 6.45) is -1.28. The second kappa shape index (κ2) is 4.20. The molecule has 0 atom stereocenters. The molecule has 0 aliphatic heterocycles. The molecule has 82 valence electrons. The van der Waals surface area contributed by atoms with Crippen LogP contribution in [-0.4, -0.2) is 23.2 Å². The van der Waals surface area contributed by atoms with Crippen LogP contribution < -0.4 is 4.74 Å². The van der Waals surface area contributed by atoms with Crippen LogP contribution in [0.15, 0.2) is 18.2 Å². The lowest BCUT2D eigenvalue weighted by Crippen LogP contribution is -2.20. The van der Waals surface area contributed by atoms with Crippen molar-refractivity contribution in [2.75, 3.05) is 7.11 Å². The Hall–Kier alpha value is -1.72. The predicted molar refractivity (Wildman–Crippen MR) is 46.9 cm³/mol. The lowest BCUT2D eigenvalue weighted by atomic mass is 10.1. The molecule has 1 aromatic rings. The Balaban J connectivity index is 2.98. The molecule has 0 aromatic carbocycles. The normalized spacial score (nSPS) is 11.1. The third-order valence-electron chi connectivity index (χ3n) is 1.68. The number of aliphatic carboxylic acids is 1. The number of halogens is 2. The minimum Gasteiger partial charge on any atom is -0.481 e. The molecule has 1 heterocycles. The largest absolute Gasteiger partial charge is 0.481 e. The van der Waals surface area contributed by atoms with Gasteiger partial charge in [0.25, 0.3) is 5.92 Å². The Morgan fingerprint density at radius 1 is 1.60 bits per heavy atom. The highest BCUT2D eigenvalue weighted by molar-refractivity contribution is 5.68. The molecule has 6 heteroatoms. The average Bonchev–Trinajstić information content (AvgIpc) is 2.16. The quantitative estimate of drug-likeness (QED) is 0.833. The molecule has 1 N–H and O–H groups in total. The fraction of sp³-hybridized carbons (Fsp3) is 0.333. The smallest absolute Gasteiger partial charge is 0.309 e. The van der Waals surface area contributed by atoms with Crippen LogP contribution in [0.4, 0.5) is 8.78 Å². The first-order chi connectivity index (χ1) is 6.95. The van der Waals surface area contributed by atoms with Gasteiger partial charge in [-0.2, -0.15) is 8.78 Å². The minimum absolute atomic E-state index is 0.0255. The zero-order valence-electron chi connectivity index (χ0n) is 7.91. The summed E-state index contributed by atoms with van der Waals surface area (Å²) in [6.45, 7) is 0. The number of ether oxygens (including phenoxy) is 1. The van der Waals surface area contributed by atoms with Gasteiger partial charge in [-0.05, 0) is 6.07 Å². The Labute approximate surface area is 84.5 Å². The standard InChI is InChI=1S/C9H9F2NO3/c1-15-7-4-2-3-6(12-7)9(10,11)5-8(13)14/h2-4H,5H2,1H3,(H,13,14). The Kier molecular flexibility index (Phi) is 3.18. The van der Waals surface area contributed by atoms with Crippen LogP contribution in [0.25, 0.3) is 0 Å². The highest BCUT2D eigenvalue weighted by atomic mass is 19.3. The minimum atomic E-state index is -3.49. The van der Waals surface area contributed by atoms with E-state index in [4.69, 9.17) is 5.11 Å². The summed E-state index contributed by atoms with van der Waals surface area (Å²) < 4.78 is 31.1. The summed E-state index contributed by atoms with van der Waals surface area (Å²) in [5, 5.41) is 8.30. The van der Waals surface area contributed by atoms with E-state index >= 15 is 0 Å². The lowest BCUT2D eigenvalue weighted by molar-refractivity contribution is -0.145. The monoisotopic (exact) mass is 217 g/mol. The molecule has 0 saturated heterocycles. The van der Waals surface area contributed by atoms with Crippen LogP contribution in [-0.2, 0) is 10.7 Å². The number of methoxy groups -OCH3 is 1. The molecule has 0 saturated carbocycles. The summed E-state index contributed by atoms with van der Waals surface area (Å²) >= 11 is 0. The van der Waals surface area contributed by atoms with Crippen LogP contribution in [0.2, 0.25) is 0 Å². The first-order valence-corrected chi connectivity index (χ1v) is 4.07. The van der Waals surface area contributed by atoms with Crippen molar-refractivity contribution in [2.45, 2.75) is 12.3 Å². The maximum absolute atomic E-state index is 13.2. The molecule has 1 rings (SSSR count). The van der Waals surface area contributed by atoms with Gasteiger partial charge in [-0.15, -0.1) is 0 Å². The summed E-state index contributed by atoms with van der Waals surface area (Å²) in [5.74, 6) is -5.04. The van der Waals surface area contributed by atoms with Crippen molar-refractivity contribution in [2.24, 2.45) is 0 Å². The zero-order chi connectivity index (χ0) is 11.5. The molecule has 0 unspecified atom stereocenters. The summed E-state index contributed by atoms with van der Waals surface area (Å²) in [5.41, 5.74) is -0.607. The van der Waals surface area contributed by atoms with Crippen molar-refractivity contribution < 1.29 is 23.4 Å². The van der Waals surface area contributed by atoms with Gasteiger partial charge in [-0.3, -0.25) is 4.79 Å². The van der Waals surface area contributed by atoms with Gasteiger partial charge in [0.05, 0.1) is 7.11 Å². The molecular formula is C9H9F2NO3. The predicted octanol–water partition coefficient (Wildman–Crippen LogP) is 1.66. The molecule has 0 spiro atoms. The summed E-state index contributed by atoms with van der Waals surface area (Å²) in [6, 6.07) is 3.79. The molecule has 0 aliphatic rings. The summed E-state index contributed by atoms with van der Waals surface area (Å²) in [7, 11) is 1.29. The van der Waals surface area contributed by atoms with E-state index in [2.05, 4.69) is 9.72 Å². The number of hydrogen-bond acceptors (Lipinski definition) is 3. The van der Waals surface area contributed by atoms with Gasteiger partial charge in [-0.25, -0.2) is 4.98 Å². The van der Waals surface area contributed by atoms with E-state index in [-0.39, 0.29) is 5.88 Å². The number of rotatable bonds is 4. The van der Waals surface area contributed by atoms with Crippen molar-refractivity contribution >= 4 is 5.97 Å². The maximum Gasteiger partial charge on any atom is 0.309 e. The number of hydrogen-bond donors (Lipinski definition) is 1. The van der Waals surface area contributed by atoms with Crippen LogP contribution in [0, 0.1) is 0 Å². The molecular weight excluding hydrogens is 208 g/mol. The van der Waals surface area contributed by atoms with Crippen molar-refractivity contribution in [1.82, 2.24) is 4.98 Å². The fourth-order valence-corrected chi connectivity index (χ4v) is 1.01. The summed E-state index contributed by atoms with van der Waals surface area (Å²) in [4.78, 5) is 13.7. The van der Waals surface area contributed by atoms with E-state index in [1.807, 2.05) is 0 Å².